The first-order valence-corrected chi connectivity index (χ1v) is 8.61. The number of aromatic carboxylic acids is 1. The lowest BCUT2D eigenvalue weighted by Crippen LogP contribution is -2.36. The molecular formula is C15H23N3O2S. The van der Waals surface area contributed by atoms with Crippen molar-refractivity contribution in [2.24, 2.45) is 0 Å². The fourth-order valence-corrected chi connectivity index (χ4v) is 4.48. The molecule has 0 bridgehead atoms. The number of anilines is 1. The average Bonchev–Trinajstić information content (AvgIpc) is 3.01. The third-order valence-corrected chi connectivity index (χ3v) is 5.58. The molecule has 116 valence electrons. The third-order valence-electron chi connectivity index (χ3n) is 4.46. The van der Waals surface area contributed by atoms with Gasteiger partial charge in [0.25, 0.3) is 0 Å². The molecule has 2 saturated heterocycles. The van der Waals surface area contributed by atoms with Crippen LogP contribution in [0.1, 0.15) is 54.4 Å². The minimum Gasteiger partial charge on any atom is -0.477 e. The van der Waals surface area contributed by atoms with E-state index < -0.39 is 5.97 Å². The molecule has 1 N–H and O–H groups in total. The number of carbonyl (C=O) groups is 1. The summed E-state index contributed by atoms with van der Waals surface area (Å²) < 4.78 is 0. The molecule has 2 fully saturated rings. The van der Waals surface area contributed by atoms with Gasteiger partial charge in [0, 0.05) is 25.7 Å². The molecule has 3 rings (SSSR count). The lowest BCUT2D eigenvalue weighted by Gasteiger charge is -2.25. The van der Waals surface area contributed by atoms with Crippen LogP contribution in [-0.4, -0.2) is 53.2 Å². The first-order chi connectivity index (χ1) is 10.1. The van der Waals surface area contributed by atoms with Crippen molar-refractivity contribution in [2.45, 2.75) is 45.1 Å². The fraction of sp³-hybridized carbons (Fsp3) is 0.733. The Hall–Kier alpha value is -1.14. The fourth-order valence-electron chi connectivity index (χ4n) is 3.38. The maximum atomic E-state index is 11.4. The minimum atomic E-state index is -0.847. The zero-order chi connectivity index (χ0) is 15.0. The normalized spacial score (nSPS) is 23.4. The highest BCUT2D eigenvalue weighted by Gasteiger charge is 2.31. The maximum absolute atomic E-state index is 11.4. The van der Waals surface area contributed by atoms with E-state index in [0.29, 0.717) is 10.9 Å². The van der Waals surface area contributed by atoms with Gasteiger partial charge in [-0.1, -0.05) is 25.2 Å². The number of fused-ring (bicyclic) bond motifs is 1. The van der Waals surface area contributed by atoms with Gasteiger partial charge in [0.05, 0.1) is 5.69 Å². The van der Waals surface area contributed by atoms with Crippen LogP contribution in [0.5, 0.6) is 0 Å². The summed E-state index contributed by atoms with van der Waals surface area (Å²) in [4.78, 5) is 21.4. The molecule has 21 heavy (non-hydrogen) atoms. The molecule has 5 nitrogen and oxygen atoms in total. The summed E-state index contributed by atoms with van der Waals surface area (Å²) in [5.74, 6) is -0.698. The molecule has 1 unspecified atom stereocenters. The Kier molecular flexibility index (Phi) is 4.17. The van der Waals surface area contributed by atoms with E-state index in [1.807, 2.05) is 13.8 Å². The van der Waals surface area contributed by atoms with E-state index in [4.69, 9.17) is 0 Å². The number of aromatic nitrogens is 1. The SMILES string of the molecule is CC(C)c1nc(N2CCCN3CCCC3C2)sc1C(=O)O. The molecule has 3 heterocycles. The molecule has 0 spiro atoms. The van der Waals surface area contributed by atoms with Crippen LogP contribution in [0, 0.1) is 0 Å². The van der Waals surface area contributed by atoms with Gasteiger partial charge in [-0.2, -0.15) is 0 Å². The highest BCUT2D eigenvalue weighted by atomic mass is 32.1. The van der Waals surface area contributed by atoms with Crippen LogP contribution >= 0.6 is 11.3 Å². The lowest BCUT2D eigenvalue weighted by atomic mass is 10.1. The summed E-state index contributed by atoms with van der Waals surface area (Å²) in [5.41, 5.74) is 0.732. The van der Waals surface area contributed by atoms with Gasteiger partial charge >= 0.3 is 5.97 Å². The highest BCUT2D eigenvalue weighted by Crippen LogP contribution is 2.33. The Bertz CT molecular complexity index is 529. The van der Waals surface area contributed by atoms with E-state index in [1.165, 1.54) is 30.7 Å². The van der Waals surface area contributed by atoms with Gasteiger partial charge in [0.15, 0.2) is 5.13 Å². The van der Waals surface area contributed by atoms with Crippen LogP contribution in [0.15, 0.2) is 0 Å². The molecule has 0 amide bonds. The largest absolute Gasteiger partial charge is 0.477 e. The van der Waals surface area contributed by atoms with Gasteiger partial charge in [-0.25, -0.2) is 9.78 Å². The van der Waals surface area contributed by atoms with Crippen molar-refractivity contribution in [1.29, 1.82) is 0 Å². The van der Waals surface area contributed by atoms with Crippen LogP contribution in [-0.2, 0) is 0 Å². The molecule has 0 aromatic carbocycles. The third kappa shape index (κ3) is 2.92. The molecule has 6 heteroatoms. The predicted octanol–water partition coefficient (Wildman–Crippen LogP) is 2.64. The molecule has 0 aliphatic carbocycles. The average molecular weight is 309 g/mol. The van der Waals surface area contributed by atoms with Crippen molar-refractivity contribution in [1.82, 2.24) is 9.88 Å². The smallest absolute Gasteiger partial charge is 0.347 e. The molecule has 0 saturated carbocycles. The zero-order valence-corrected chi connectivity index (χ0v) is 13.5. The Balaban J connectivity index is 1.85. The van der Waals surface area contributed by atoms with Crippen LogP contribution in [0.2, 0.25) is 0 Å². The molecule has 1 atom stereocenters. The number of thiazole rings is 1. The topological polar surface area (TPSA) is 56.7 Å². The molecule has 2 aliphatic heterocycles. The van der Waals surface area contributed by atoms with Gasteiger partial charge in [0.1, 0.15) is 4.88 Å². The second-order valence-electron chi connectivity index (χ2n) is 6.30. The molecule has 2 aliphatic rings. The van der Waals surface area contributed by atoms with Gasteiger partial charge in [-0.15, -0.1) is 0 Å². The summed E-state index contributed by atoms with van der Waals surface area (Å²) in [6, 6.07) is 0.618. The summed E-state index contributed by atoms with van der Waals surface area (Å²) >= 11 is 1.34. The van der Waals surface area contributed by atoms with Crippen LogP contribution in [0.25, 0.3) is 0 Å². The van der Waals surface area contributed by atoms with Gasteiger partial charge < -0.3 is 10.0 Å². The quantitative estimate of drug-likeness (QED) is 0.930. The number of rotatable bonds is 3. The van der Waals surface area contributed by atoms with Gasteiger partial charge in [0.2, 0.25) is 0 Å². The standard InChI is InChI=1S/C15H23N3O2S/c1-10(2)12-13(14(19)20)21-15(16-12)18-8-4-7-17-6-3-5-11(17)9-18/h10-11H,3-9H2,1-2H3,(H,19,20). The Morgan fingerprint density at radius 1 is 1.33 bits per heavy atom. The van der Waals surface area contributed by atoms with Crippen LogP contribution < -0.4 is 4.90 Å². The van der Waals surface area contributed by atoms with Crippen molar-refractivity contribution >= 4 is 22.4 Å². The number of carboxylic acids is 1. The maximum Gasteiger partial charge on any atom is 0.347 e. The predicted molar refractivity (Wildman–Crippen MR) is 84.6 cm³/mol. The van der Waals surface area contributed by atoms with Crippen LogP contribution in [0.3, 0.4) is 0 Å². The number of nitrogens with zero attached hydrogens (tertiary/aromatic N) is 3. The Morgan fingerprint density at radius 2 is 2.10 bits per heavy atom. The second-order valence-corrected chi connectivity index (χ2v) is 7.28. The van der Waals surface area contributed by atoms with Crippen molar-refractivity contribution < 1.29 is 9.90 Å². The zero-order valence-electron chi connectivity index (χ0n) is 12.7. The molecule has 1 aromatic rings. The first-order valence-electron chi connectivity index (χ1n) is 7.79. The minimum absolute atomic E-state index is 0.149. The Labute approximate surface area is 129 Å². The number of carboxylic acid groups (broad SMARTS) is 1. The molecule has 0 radical (unpaired) electrons. The second kappa shape index (κ2) is 5.93. The van der Waals surface area contributed by atoms with E-state index in [9.17, 15) is 9.90 Å². The Morgan fingerprint density at radius 3 is 2.76 bits per heavy atom. The van der Waals surface area contributed by atoms with E-state index in [0.717, 1.165) is 36.9 Å². The van der Waals surface area contributed by atoms with Crippen LogP contribution in [0.4, 0.5) is 5.13 Å². The summed E-state index contributed by atoms with van der Waals surface area (Å²) in [6.45, 7) is 8.36. The van der Waals surface area contributed by atoms with E-state index in [2.05, 4.69) is 14.8 Å². The van der Waals surface area contributed by atoms with Crippen molar-refractivity contribution in [3.8, 4) is 0 Å². The van der Waals surface area contributed by atoms with Crippen molar-refractivity contribution in [2.75, 3.05) is 31.1 Å². The summed E-state index contributed by atoms with van der Waals surface area (Å²) in [5, 5.41) is 10.3. The summed E-state index contributed by atoms with van der Waals surface area (Å²) in [7, 11) is 0. The monoisotopic (exact) mass is 309 g/mol. The number of hydrogen-bond donors (Lipinski definition) is 1. The first kappa shape index (κ1) is 14.8. The van der Waals surface area contributed by atoms with E-state index >= 15 is 0 Å². The lowest BCUT2D eigenvalue weighted by molar-refractivity contribution is 0.0700. The highest BCUT2D eigenvalue weighted by molar-refractivity contribution is 7.17. The molecular weight excluding hydrogens is 286 g/mol. The van der Waals surface area contributed by atoms with E-state index in [1.54, 1.807) is 0 Å². The summed E-state index contributed by atoms with van der Waals surface area (Å²) in [6.07, 6.45) is 3.67. The van der Waals surface area contributed by atoms with Crippen molar-refractivity contribution in [3.63, 3.8) is 0 Å². The number of hydrogen-bond acceptors (Lipinski definition) is 5. The van der Waals surface area contributed by atoms with Crippen molar-refractivity contribution in [3.05, 3.63) is 10.6 Å². The van der Waals surface area contributed by atoms with Gasteiger partial charge in [-0.05, 0) is 31.7 Å². The van der Waals surface area contributed by atoms with Gasteiger partial charge in [-0.3, -0.25) is 4.90 Å². The van der Waals surface area contributed by atoms with E-state index in [-0.39, 0.29) is 5.92 Å². The molecule has 1 aromatic heterocycles.